The van der Waals surface area contributed by atoms with Crippen LogP contribution in [0.1, 0.15) is 52.5 Å². The molecule has 1 fully saturated rings. The lowest BCUT2D eigenvalue weighted by atomic mass is 9.92. The largest absolute Gasteiger partial charge is 0.444 e. The average molecular weight is 444 g/mol. The van der Waals surface area contributed by atoms with Gasteiger partial charge in [-0.2, -0.15) is 8.78 Å². The van der Waals surface area contributed by atoms with E-state index >= 15 is 0 Å². The molecule has 1 aromatic rings. The molecule has 1 saturated heterocycles. The lowest BCUT2D eigenvalue weighted by molar-refractivity contribution is -0.137. The predicted molar refractivity (Wildman–Crippen MR) is 122 cm³/mol. The van der Waals surface area contributed by atoms with Gasteiger partial charge in [0.05, 0.1) is 12.6 Å². The number of alkyl halides is 2. The molecule has 172 valence electrons. The molecule has 8 heteroatoms. The molecule has 2 aliphatic rings. The lowest BCUT2D eigenvalue weighted by Gasteiger charge is -2.33. The third-order valence-corrected chi connectivity index (χ3v) is 5.66. The normalized spacial score (nSPS) is 21.6. The number of benzene rings is 1. The number of allylic oxidation sites excluding steroid dienone is 2. The summed E-state index contributed by atoms with van der Waals surface area (Å²) in [7, 11) is 5.82. The van der Waals surface area contributed by atoms with Gasteiger partial charge in [0, 0.05) is 23.9 Å². The van der Waals surface area contributed by atoms with E-state index in [2.05, 4.69) is 23.1 Å². The minimum atomic E-state index is -2.83. The molecule has 1 amide bonds. The molecule has 2 heterocycles. The van der Waals surface area contributed by atoms with Crippen LogP contribution in [0.3, 0.4) is 0 Å². The second-order valence-electron chi connectivity index (χ2n) is 9.28. The van der Waals surface area contributed by atoms with Crippen molar-refractivity contribution in [2.45, 2.75) is 65.2 Å². The number of ether oxygens (including phenoxy) is 2. The molecule has 0 aliphatic carbocycles. The summed E-state index contributed by atoms with van der Waals surface area (Å²) in [6.45, 7) is 4.87. The summed E-state index contributed by atoms with van der Waals surface area (Å²) in [5.41, 5.74) is 4.07. The fourth-order valence-electron chi connectivity index (χ4n) is 4.17. The van der Waals surface area contributed by atoms with Gasteiger partial charge in [0.15, 0.2) is 0 Å². The highest BCUT2D eigenvalue weighted by Crippen LogP contribution is 2.35. The Morgan fingerprint density at radius 1 is 1.28 bits per heavy atom. The van der Waals surface area contributed by atoms with Crippen LogP contribution in [0.4, 0.5) is 13.6 Å². The number of nitrogens with zero attached hydrogens (tertiary/aromatic N) is 1. The molecule has 2 aliphatic heterocycles. The van der Waals surface area contributed by atoms with Gasteiger partial charge in [-0.05, 0) is 51.2 Å². The van der Waals surface area contributed by atoms with Crippen LogP contribution >= 0.6 is 0 Å². The predicted octanol–water partition coefficient (Wildman–Crippen LogP) is 4.34. The van der Waals surface area contributed by atoms with Gasteiger partial charge in [-0.3, -0.25) is 4.90 Å². The van der Waals surface area contributed by atoms with Crippen molar-refractivity contribution in [2.24, 2.45) is 5.92 Å². The Labute approximate surface area is 190 Å². The van der Waals surface area contributed by atoms with Crippen molar-refractivity contribution in [3.63, 3.8) is 0 Å². The first-order chi connectivity index (χ1) is 15.1. The second kappa shape index (κ2) is 10.1. The van der Waals surface area contributed by atoms with Crippen molar-refractivity contribution in [3.8, 4) is 0 Å². The molecule has 2 atom stereocenters. The zero-order valence-electron chi connectivity index (χ0n) is 19.2. The molecule has 0 spiro atoms. The molecule has 1 aromatic carbocycles. The standard InChI is InChI=1S/C24H31BF2N2O3/c1-5-16-8-11-19(17-6-9-18(25)10-7-17)28-21(16)20-12-15(14-31-22(26)27)13-29(20)23(30)32-24(2,3)4/h6-7,9-11,15,20,22,28H,5,8,12-14H2,1-4H3/t15-,20-/m0/s1. The van der Waals surface area contributed by atoms with Crippen LogP contribution in [0.25, 0.3) is 5.70 Å². The number of hydrogen-bond donors (Lipinski definition) is 1. The Bertz CT molecular complexity index is 878. The van der Waals surface area contributed by atoms with Crippen LogP contribution in [0.15, 0.2) is 41.6 Å². The SMILES string of the molecule is [B]c1ccc(C2=CCC(CC)=C([C@@H]3C[C@H](COC(F)F)CN3C(=O)OC(C)(C)C)N2)cc1. The number of carbonyl (C=O) groups is 1. The zero-order valence-corrected chi connectivity index (χ0v) is 19.2. The van der Waals surface area contributed by atoms with Crippen LogP contribution in [0.5, 0.6) is 0 Å². The fraction of sp³-hybridized carbons (Fsp3) is 0.542. The number of hydrogen-bond acceptors (Lipinski definition) is 4. The Kier molecular flexibility index (Phi) is 7.65. The van der Waals surface area contributed by atoms with E-state index < -0.39 is 18.3 Å². The maximum atomic E-state index is 13.0. The van der Waals surface area contributed by atoms with Gasteiger partial charge in [0.25, 0.3) is 0 Å². The van der Waals surface area contributed by atoms with Gasteiger partial charge in [-0.25, -0.2) is 4.79 Å². The number of carbonyl (C=O) groups excluding carboxylic acids is 1. The minimum Gasteiger partial charge on any atom is -0.444 e. The van der Waals surface area contributed by atoms with Gasteiger partial charge >= 0.3 is 12.7 Å². The first-order valence-corrected chi connectivity index (χ1v) is 11.0. The summed E-state index contributed by atoms with van der Waals surface area (Å²) in [6.07, 6.45) is 3.75. The van der Waals surface area contributed by atoms with Gasteiger partial charge in [-0.1, -0.05) is 42.7 Å². The van der Waals surface area contributed by atoms with Crippen molar-refractivity contribution in [3.05, 3.63) is 47.2 Å². The number of halogens is 2. The number of nitrogens with one attached hydrogen (secondary N) is 1. The van der Waals surface area contributed by atoms with E-state index in [1.807, 2.05) is 45.0 Å². The quantitative estimate of drug-likeness (QED) is 0.664. The highest BCUT2D eigenvalue weighted by atomic mass is 19.3. The topological polar surface area (TPSA) is 50.8 Å². The second-order valence-corrected chi connectivity index (χ2v) is 9.28. The molecule has 5 nitrogen and oxygen atoms in total. The number of amides is 1. The van der Waals surface area contributed by atoms with E-state index in [9.17, 15) is 13.6 Å². The van der Waals surface area contributed by atoms with Crippen LogP contribution in [0.2, 0.25) is 0 Å². The summed E-state index contributed by atoms with van der Waals surface area (Å²) in [4.78, 5) is 14.7. The summed E-state index contributed by atoms with van der Waals surface area (Å²) >= 11 is 0. The zero-order chi connectivity index (χ0) is 23.5. The Hall–Kier alpha value is -2.35. The maximum absolute atomic E-state index is 13.0. The molecule has 2 radical (unpaired) electrons. The first kappa shape index (κ1) is 24.3. The van der Waals surface area contributed by atoms with Gasteiger partial charge in [0.2, 0.25) is 0 Å². The van der Waals surface area contributed by atoms with Crippen molar-refractivity contribution in [1.82, 2.24) is 10.2 Å². The van der Waals surface area contributed by atoms with Crippen molar-refractivity contribution in [1.29, 1.82) is 0 Å². The van der Waals surface area contributed by atoms with Gasteiger partial charge < -0.3 is 14.8 Å². The molecule has 0 aromatic heterocycles. The van der Waals surface area contributed by atoms with Crippen molar-refractivity contribution < 1.29 is 23.0 Å². The lowest BCUT2D eigenvalue weighted by Crippen LogP contribution is -2.43. The van der Waals surface area contributed by atoms with E-state index in [1.165, 1.54) is 5.57 Å². The van der Waals surface area contributed by atoms with E-state index in [0.717, 1.165) is 29.8 Å². The number of dihydropyridines is 1. The minimum absolute atomic E-state index is 0.108. The Morgan fingerprint density at radius 2 is 1.97 bits per heavy atom. The fourth-order valence-corrected chi connectivity index (χ4v) is 4.17. The maximum Gasteiger partial charge on any atom is 0.410 e. The van der Waals surface area contributed by atoms with Crippen LogP contribution < -0.4 is 10.8 Å². The van der Waals surface area contributed by atoms with E-state index in [0.29, 0.717) is 18.4 Å². The van der Waals surface area contributed by atoms with E-state index in [1.54, 1.807) is 4.90 Å². The van der Waals surface area contributed by atoms with Gasteiger partial charge in [0.1, 0.15) is 13.4 Å². The number of likely N-dealkylation sites (tertiary alicyclic amines) is 1. The summed E-state index contributed by atoms with van der Waals surface area (Å²) in [5, 5.41) is 3.53. The molecule has 32 heavy (non-hydrogen) atoms. The van der Waals surface area contributed by atoms with Crippen molar-refractivity contribution >= 4 is 25.1 Å². The molecule has 0 unspecified atom stereocenters. The third kappa shape index (κ3) is 6.12. The average Bonchev–Trinajstić information content (AvgIpc) is 3.15. The van der Waals surface area contributed by atoms with Gasteiger partial charge in [-0.15, -0.1) is 0 Å². The monoisotopic (exact) mass is 444 g/mol. The molecule has 0 saturated carbocycles. The third-order valence-electron chi connectivity index (χ3n) is 5.66. The van der Waals surface area contributed by atoms with Crippen LogP contribution in [-0.4, -0.2) is 50.2 Å². The molecule has 0 bridgehead atoms. The van der Waals surface area contributed by atoms with E-state index in [-0.39, 0.29) is 18.6 Å². The highest BCUT2D eigenvalue weighted by molar-refractivity contribution is 6.32. The molecule has 1 N–H and O–H groups in total. The molecular weight excluding hydrogens is 413 g/mol. The van der Waals surface area contributed by atoms with Crippen LogP contribution in [-0.2, 0) is 9.47 Å². The Morgan fingerprint density at radius 3 is 2.56 bits per heavy atom. The summed E-state index contributed by atoms with van der Waals surface area (Å²) < 4.78 is 35.5. The number of rotatable bonds is 6. The summed E-state index contributed by atoms with van der Waals surface area (Å²) in [6, 6.07) is 7.28. The van der Waals surface area contributed by atoms with E-state index in [4.69, 9.17) is 12.6 Å². The highest BCUT2D eigenvalue weighted by Gasteiger charge is 2.41. The smallest absolute Gasteiger partial charge is 0.410 e. The Balaban J connectivity index is 1.87. The molecular formula is C24H31BF2N2O3. The van der Waals surface area contributed by atoms with Crippen LogP contribution in [0, 0.1) is 5.92 Å². The first-order valence-electron chi connectivity index (χ1n) is 11.0. The summed E-state index contributed by atoms with van der Waals surface area (Å²) in [5.74, 6) is -0.209. The molecule has 3 rings (SSSR count). The van der Waals surface area contributed by atoms with Crippen molar-refractivity contribution in [2.75, 3.05) is 13.2 Å².